The third-order valence-electron chi connectivity index (χ3n) is 2.87. The van der Waals surface area contributed by atoms with E-state index in [0.29, 0.717) is 16.5 Å². The Labute approximate surface area is 134 Å². The molecule has 3 N–H and O–H groups in total. The fraction of sp³-hybridized carbons (Fsp3) is 0.429. The van der Waals surface area contributed by atoms with Crippen LogP contribution in [0.3, 0.4) is 0 Å². The van der Waals surface area contributed by atoms with Crippen molar-refractivity contribution in [3.8, 4) is 5.75 Å². The summed E-state index contributed by atoms with van der Waals surface area (Å²) in [5.74, 6) is 0.285. The van der Waals surface area contributed by atoms with Gasteiger partial charge in [0.05, 0.1) is 12.1 Å². The number of nitrogens with one attached hydrogen (secondary N) is 1. The molecule has 1 aromatic rings. The van der Waals surface area contributed by atoms with Crippen molar-refractivity contribution in [2.24, 2.45) is 10.9 Å². The van der Waals surface area contributed by atoms with Crippen LogP contribution in [0, 0.1) is 0 Å². The lowest BCUT2D eigenvalue weighted by molar-refractivity contribution is -0.126. The molecule has 1 rings (SSSR count). The van der Waals surface area contributed by atoms with Crippen LogP contribution in [0.4, 0.5) is 5.69 Å². The lowest BCUT2D eigenvalue weighted by Gasteiger charge is -2.13. The first-order valence-electron chi connectivity index (χ1n) is 6.55. The summed E-state index contributed by atoms with van der Waals surface area (Å²) in [6.07, 6.45) is -1.22. The van der Waals surface area contributed by atoms with Crippen molar-refractivity contribution in [2.75, 3.05) is 19.5 Å². The molecule has 0 aliphatic rings. The third-order valence-corrected chi connectivity index (χ3v) is 3.17. The van der Waals surface area contributed by atoms with Crippen LogP contribution in [0.2, 0.25) is 5.02 Å². The Morgan fingerprint density at radius 2 is 2.00 bits per heavy atom. The van der Waals surface area contributed by atoms with Crippen molar-refractivity contribution in [3.05, 3.63) is 23.2 Å². The van der Waals surface area contributed by atoms with Crippen LogP contribution in [0.5, 0.6) is 5.75 Å². The van der Waals surface area contributed by atoms with Crippen molar-refractivity contribution in [3.63, 3.8) is 0 Å². The Bertz CT molecular complexity index is 551. The Morgan fingerprint density at radius 3 is 2.55 bits per heavy atom. The van der Waals surface area contributed by atoms with Gasteiger partial charge in [-0.15, -0.1) is 0 Å². The number of rotatable bonds is 7. The number of nitrogens with zero attached hydrogens (tertiary/aromatic N) is 1. The van der Waals surface area contributed by atoms with Crippen molar-refractivity contribution in [2.45, 2.75) is 26.1 Å². The van der Waals surface area contributed by atoms with E-state index in [0.717, 1.165) is 0 Å². The molecule has 122 valence electrons. The monoisotopic (exact) mass is 329 g/mol. The fourth-order valence-electron chi connectivity index (χ4n) is 1.37. The highest BCUT2D eigenvalue weighted by Crippen LogP contribution is 2.27. The van der Waals surface area contributed by atoms with E-state index < -0.39 is 12.2 Å². The van der Waals surface area contributed by atoms with E-state index in [1.54, 1.807) is 32.0 Å². The molecule has 8 heteroatoms. The number of amides is 1. The summed E-state index contributed by atoms with van der Waals surface area (Å²) in [6.45, 7) is 3.26. The first kappa shape index (κ1) is 18.1. The number of ether oxygens (including phenoxy) is 2. The molecule has 22 heavy (non-hydrogen) atoms. The number of hydrogen-bond donors (Lipinski definition) is 2. The Hall–Kier alpha value is -1.99. The number of halogens is 1. The minimum atomic E-state index is -0.830. The average molecular weight is 330 g/mol. The molecule has 0 saturated carbocycles. The van der Waals surface area contributed by atoms with Crippen LogP contribution in [-0.4, -0.2) is 38.2 Å². The summed E-state index contributed by atoms with van der Waals surface area (Å²) in [5, 5.41) is 6.71. The number of carbonyl (C=O) groups excluding carboxylic acids is 1. The topological polar surface area (TPSA) is 95.2 Å². The summed E-state index contributed by atoms with van der Waals surface area (Å²) in [5.41, 5.74) is 6.14. The van der Waals surface area contributed by atoms with E-state index in [1.165, 1.54) is 14.2 Å². The molecule has 0 bridgehead atoms. The smallest absolute Gasteiger partial charge is 0.267 e. The molecule has 0 aliphatic carbocycles. The minimum Gasteiger partial charge on any atom is -0.495 e. The van der Waals surface area contributed by atoms with Crippen LogP contribution in [-0.2, 0) is 14.4 Å². The molecular formula is C14H20ClN3O4. The minimum absolute atomic E-state index is 0.148. The summed E-state index contributed by atoms with van der Waals surface area (Å²) in [7, 11) is 3.01. The van der Waals surface area contributed by atoms with Gasteiger partial charge in [-0.3, -0.25) is 4.79 Å². The molecule has 2 atom stereocenters. The van der Waals surface area contributed by atoms with Gasteiger partial charge in [-0.05, 0) is 32.0 Å². The van der Waals surface area contributed by atoms with E-state index in [4.69, 9.17) is 31.6 Å². The van der Waals surface area contributed by atoms with Crippen molar-refractivity contribution in [1.29, 1.82) is 0 Å². The Balaban J connectivity index is 2.63. The quantitative estimate of drug-likeness (QED) is 0.453. The summed E-state index contributed by atoms with van der Waals surface area (Å²) in [6, 6.07) is 4.90. The standard InChI is InChI=1S/C14H20ClN3O4/c1-8(20-3)13(16)18-22-9(2)14(19)17-10-5-6-12(21-4)11(15)7-10/h5-9H,1-4H3,(H2,16,18)(H,17,19)/t8-,9-/m1/s1. The van der Waals surface area contributed by atoms with Gasteiger partial charge in [0.1, 0.15) is 11.9 Å². The zero-order valence-corrected chi connectivity index (χ0v) is 13.7. The van der Waals surface area contributed by atoms with Gasteiger partial charge >= 0.3 is 0 Å². The molecule has 0 spiro atoms. The molecule has 0 saturated heterocycles. The molecule has 7 nitrogen and oxygen atoms in total. The maximum atomic E-state index is 12.0. The highest BCUT2D eigenvalue weighted by atomic mass is 35.5. The molecular weight excluding hydrogens is 310 g/mol. The van der Waals surface area contributed by atoms with E-state index in [-0.39, 0.29) is 11.7 Å². The maximum absolute atomic E-state index is 12.0. The number of carbonyl (C=O) groups is 1. The molecule has 0 radical (unpaired) electrons. The first-order chi connectivity index (χ1) is 10.4. The van der Waals surface area contributed by atoms with Crippen LogP contribution < -0.4 is 15.8 Å². The number of nitrogens with two attached hydrogens (primary N) is 1. The number of hydrogen-bond acceptors (Lipinski definition) is 5. The van der Waals surface area contributed by atoms with Gasteiger partial charge < -0.3 is 25.4 Å². The number of benzene rings is 1. The average Bonchev–Trinajstić information content (AvgIpc) is 2.51. The van der Waals surface area contributed by atoms with Crippen molar-refractivity contribution >= 4 is 29.0 Å². The largest absolute Gasteiger partial charge is 0.495 e. The van der Waals surface area contributed by atoms with Gasteiger partial charge in [0.2, 0.25) is 6.10 Å². The molecule has 0 heterocycles. The number of oxime groups is 1. The second-order valence-electron chi connectivity index (χ2n) is 4.48. The third kappa shape index (κ3) is 5.09. The second-order valence-corrected chi connectivity index (χ2v) is 4.89. The molecule has 1 aromatic carbocycles. The molecule has 0 fully saturated rings. The molecule has 0 aromatic heterocycles. The van der Waals surface area contributed by atoms with Gasteiger partial charge in [-0.25, -0.2) is 0 Å². The van der Waals surface area contributed by atoms with E-state index in [2.05, 4.69) is 10.5 Å². The normalized spacial score (nSPS) is 14.1. The van der Waals surface area contributed by atoms with Gasteiger partial charge in [0, 0.05) is 12.8 Å². The Morgan fingerprint density at radius 1 is 1.32 bits per heavy atom. The zero-order chi connectivity index (χ0) is 16.7. The predicted molar refractivity (Wildman–Crippen MR) is 85.3 cm³/mol. The van der Waals surface area contributed by atoms with Gasteiger partial charge in [0.25, 0.3) is 5.91 Å². The lowest BCUT2D eigenvalue weighted by Crippen LogP contribution is -2.31. The SMILES string of the molecule is COc1ccc(NC(=O)[C@@H](C)O/N=C(/N)[C@@H](C)OC)cc1Cl. The van der Waals surface area contributed by atoms with Crippen LogP contribution >= 0.6 is 11.6 Å². The van der Waals surface area contributed by atoms with E-state index in [9.17, 15) is 4.79 Å². The maximum Gasteiger partial charge on any atom is 0.267 e. The number of amidine groups is 1. The van der Waals surface area contributed by atoms with Crippen molar-refractivity contribution in [1.82, 2.24) is 0 Å². The summed E-state index contributed by atoms with van der Waals surface area (Å²) >= 11 is 5.99. The first-order valence-corrected chi connectivity index (χ1v) is 6.93. The predicted octanol–water partition coefficient (Wildman–Crippen LogP) is 2.00. The van der Waals surface area contributed by atoms with Crippen LogP contribution in [0.1, 0.15) is 13.8 Å². The molecule has 0 aliphatic heterocycles. The molecule has 1 amide bonds. The lowest BCUT2D eigenvalue weighted by atomic mass is 10.3. The van der Waals surface area contributed by atoms with E-state index in [1.807, 2.05) is 0 Å². The van der Waals surface area contributed by atoms with Crippen molar-refractivity contribution < 1.29 is 19.1 Å². The highest BCUT2D eigenvalue weighted by molar-refractivity contribution is 6.32. The van der Waals surface area contributed by atoms with Gasteiger partial charge in [0.15, 0.2) is 5.84 Å². The van der Waals surface area contributed by atoms with Gasteiger partial charge in [-0.1, -0.05) is 16.8 Å². The second kappa shape index (κ2) is 8.45. The number of anilines is 1. The fourth-order valence-corrected chi connectivity index (χ4v) is 1.63. The highest BCUT2D eigenvalue weighted by Gasteiger charge is 2.16. The zero-order valence-electron chi connectivity index (χ0n) is 12.9. The number of methoxy groups -OCH3 is 2. The van der Waals surface area contributed by atoms with Crippen LogP contribution in [0.25, 0.3) is 0 Å². The van der Waals surface area contributed by atoms with Crippen LogP contribution in [0.15, 0.2) is 23.4 Å². The summed E-state index contributed by atoms with van der Waals surface area (Å²) in [4.78, 5) is 17.0. The van der Waals surface area contributed by atoms with E-state index >= 15 is 0 Å². The Kier molecular flexibility index (Phi) is 6.94. The molecule has 0 unspecified atom stereocenters. The van der Waals surface area contributed by atoms with Gasteiger partial charge in [-0.2, -0.15) is 0 Å². The summed E-state index contributed by atoms with van der Waals surface area (Å²) < 4.78 is 10.0.